The molecule has 0 aliphatic heterocycles. The highest BCUT2D eigenvalue weighted by Crippen LogP contribution is 2.32. The molecule has 0 unspecified atom stereocenters. The summed E-state index contributed by atoms with van der Waals surface area (Å²) >= 11 is 0. The summed E-state index contributed by atoms with van der Waals surface area (Å²) in [5.41, 5.74) is 3.88. The summed E-state index contributed by atoms with van der Waals surface area (Å²) in [5.74, 6) is -0.972. The van der Waals surface area contributed by atoms with Crippen molar-refractivity contribution in [2.45, 2.75) is 24.4 Å². The second-order valence-corrected chi connectivity index (χ2v) is 6.35. The number of sulfone groups is 1. The van der Waals surface area contributed by atoms with Crippen molar-refractivity contribution in [2.75, 3.05) is 18.0 Å². The van der Waals surface area contributed by atoms with Crippen LogP contribution >= 0.6 is 0 Å². The highest BCUT2D eigenvalue weighted by Gasteiger charge is 2.32. The van der Waals surface area contributed by atoms with Crippen molar-refractivity contribution in [1.29, 1.82) is 0 Å². The molecule has 0 bridgehead atoms. The molecule has 5 nitrogen and oxygen atoms in total. The monoisotopic (exact) mass is 324 g/mol. The number of carbonyl (C=O) groups excluding carboxylic acids is 1. The van der Waals surface area contributed by atoms with Gasteiger partial charge in [-0.3, -0.25) is 4.79 Å². The van der Waals surface area contributed by atoms with Crippen LogP contribution in [0.15, 0.2) is 23.1 Å². The van der Waals surface area contributed by atoms with Gasteiger partial charge in [0.1, 0.15) is 0 Å². The molecule has 1 rings (SSSR count). The molecule has 0 saturated carbocycles. The van der Waals surface area contributed by atoms with E-state index in [1.165, 1.54) is 0 Å². The number of carbonyl (C=O) groups is 1. The van der Waals surface area contributed by atoms with Gasteiger partial charge in [-0.05, 0) is 25.1 Å². The molecule has 0 aliphatic rings. The van der Waals surface area contributed by atoms with Crippen LogP contribution in [0, 0.1) is 0 Å². The summed E-state index contributed by atoms with van der Waals surface area (Å²) in [5, 5.41) is 2.43. The lowest BCUT2D eigenvalue weighted by Gasteiger charge is -2.11. The van der Waals surface area contributed by atoms with E-state index in [4.69, 9.17) is 5.73 Å². The zero-order valence-corrected chi connectivity index (χ0v) is 12.0. The van der Waals surface area contributed by atoms with Crippen molar-refractivity contribution in [3.8, 4) is 0 Å². The van der Waals surface area contributed by atoms with Gasteiger partial charge in [-0.1, -0.05) is 0 Å². The fourth-order valence-electron chi connectivity index (χ4n) is 1.63. The van der Waals surface area contributed by atoms with E-state index in [2.05, 4.69) is 5.32 Å². The van der Waals surface area contributed by atoms with Crippen LogP contribution in [0.1, 0.15) is 18.9 Å². The van der Waals surface area contributed by atoms with Crippen LogP contribution in [0.3, 0.4) is 0 Å². The Labute approximate surface area is 120 Å². The van der Waals surface area contributed by atoms with Gasteiger partial charge in [0.25, 0.3) is 0 Å². The number of alkyl halides is 3. The van der Waals surface area contributed by atoms with Gasteiger partial charge in [-0.15, -0.1) is 0 Å². The van der Waals surface area contributed by atoms with Crippen LogP contribution in [0.4, 0.5) is 18.9 Å². The predicted molar refractivity (Wildman–Crippen MR) is 71.2 cm³/mol. The second-order valence-electron chi connectivity index (χ2n) is 4.27. The van der Waals surface area contributed by atoms with E-state index in [0.717, 1.165) is 6.07 Å². The average molecular weight is 324 g/mol. The Kier molecular flexibility index (Phi) is 5.21. The fourth-order valence-corrected chi connectivity index (χ4v) is 3.00. The molecule has 0 fully saturated rings. The first-order valence-electron chi connectivity index (χ1n) is 6.04. The Morgan fingerprint density at radius 3 is 2.43 bits per heavy atom. The molecule has 0 aromatic heterocycles. The van der Waals surface area contributed by atoms with Crippen LogP contribution in [0.2, 0.25) is 0 Å². The van der Waals surface area contributed by atoms with E-state index in [1.54, 1.807) is 6.92 Å². The maximum Gasteiger partial charge on any atom is 0.416 e. The molecule has 0 radical (unpaired) electrons. The van der Waals surface area contributed by atoms with Crippen molar-refractivity contribution in [3.05, 3.63) is 23.8 Å². The zero-order chi connectivity index (χ0) is 16.3. The molecule has 21 heavy (non-hydrogen) atoms. The predicted octanol–water partition coefficient (Wildman–Crippen LogP) is 1.59. The van der Waals surface area contributed by atoms with Crippen LogP contribution in [-0.4, -0.2) is 26.6 Å². The van der Waals surface area contributed by atoms with Crippen LogP contribution in [0.25, 0.3) is 0 Å². The van der Waals surface area contributed by atoms with E-state index < -0.39 is 43.8 Å². The quantitative estimate of drug-likeness (QED) is 0.805. The first-order chi connectivity index (χ1) is 9.58. The highest BCUT2D eigenvalue weighted by atomic mass is 32.2. The zero-order valence-electron chi connectivity index (χ0n) is 11.2. The topological polar surface area (TPSA) is 89.3 Å². The smallest absolute Gasteiger partial charge is 0.398 e. The van der Waals surface area contributed by atoms with Crippen LogP contribution < -0.4 is 11.1 Å². The van der Waals surface area contributed by atoms with Crippen molar-refractivity contribution >= 4 is 21.4 Å². The maximum atomic E-state index is 12.5. The SMILES string of the molecule is CCNC(=O)CCS(=O)(=O)c1ccc(C(F)(F)F)cc1N. The number of nitrogens with one attached hydrogen (secondary N) is 1. The molecule has 118 valence electrons. The summed E-state index contributed by atoms with van der Waals surface area (Å²) in [6.07, 6.45) is -4.88. The van der Waals surface area contributed by atoms with E-state index in [-0.39, 0.29) is 6.42 Å². The Morgan fingerprint density at radius 1 is 1.33 bits per heavy atom. The maximum absolute atomic E-state index is 12.5. The molecule has 0 spiro atoms. The first-order valence-corrected chi connectivity index (χ1v) is 7.69. The third kappa shape index (κ3) is 4.62. The summed E-state index contributed by atoms with van der Waals surface area (Å²) < 4.78 is 61.4. The minimum Gasteiger partial charge on any atom is -0.398 e. The standard InChI is InChI=1S/C12H15F3N2O3S/c1-2-17-11(18)5-6-21(19,20)10-4-3-8(7-9(10)16)12(13,14)15/h3-4,7H,2,5-6,16H2,1H3,(H,17,18). The average Bonchev–Trinajstić information content (AvgIpc) is 2.35. The van der Waals surface area contributed by atoms with Gasteiger partial charge in [0.2, 0.25) is 5.91 Å². The highest BCUT2D eigenvalue weighted by molar-refractivity contribution is 7.91. The number of anilines is 1. The van der Waals surface area contributed by atoms with Crippen molar-refractivity contribution in [2.24, 2.45) is 0 Å². The third-order valence-electron chi connectivity index (χ3n) is 2.64. The summed E-state index contributed by atoms with van der Waals surface area (Å²) in [7, 11) is -3.92. The van der Waals surface area contributed by atoms with E-state index >= 15 is 0 Å². The van der Waals surface area contributed by atoms with Gasteiger partial charge in [0, 0.05) is 13.0 Å². The van der Waals surface area contributed by atoms with Gasteiger partial charge in [-0.2, -0.15) is 13.2 Å². The van der Waals surface area contributed by atoms with Gasteiger partial charge in [0.05, 0.1) is 21.9 Å². The minimum atomic E-state index is -4.60. The summed E-state index contributed by atoms with van der Waals surface area (Å²) in [6.45, 7) is 2.04. The largest absolute Gasteiger partial charge is 0.416 e. The Morgan fingerprint density at radius 2 is 1.95 bits per heavy atom. The lowest BCUT2D eigenvalue weighted by Crippen LogP contribution is -2.25. The molecule has 0 saturated heterocycles. The van der Waals surface area contributed by atoms with Crippen molar-refractivity contribution in [1.82, 2.24) is 5.32 Å². The van der Waals surface area contributed by atoms with Gasteiger partial charge in [-0.25, -0.2) is 8.42 Å². The summed E-state index contributed by atoms with van der Waals surface area (Å²) in [4.78, 5) is 10.8. The molecule has 9 heteroatoms. The Balaban J connectivity index is 2.97. The first kappa shape index (κ1) is 17.3. The Hall–Kier alpha value is -1.77. The van der Waals surface area contributed by atoms with Gasteiger partial charge >= 0.3 is 6.18 Å². The molecule has 1 aromatic rings. The van der Waals surface area contributed by atoms with Crippen LogP contribution in [-0.2, 0) is 20.8 Å². The molecular weight excluding hydrogens is 309 g/mol. The van der Waals surface area contributed by atoms with E-state index in [9.17, 15) is 26.4 Å². The van der Waals surface area contributed by atoms with Gasteiger partial charge in [0.15, 0.2) is 9.84 Å². The number of rotatable bonds is 5. The number of benzene rings is 1. The van der Waals surface area contributed by atoms with Gasteiger partial charge < -0.3 is 11.1 Å². The molecule has 0 heterocycles. The number of nitrogen functional groups attached to an aromatic ring is 1. The molecule has 1 amide bonds. The molecule has 0 aliphatic carbocycles. The number of amides is 1. The van der Waals surface area contributed by atoms with Crippen molar-refractivity contribution in [3.63, 3.8) is 0 Å². The Bertz CT molecular complexity index is 627. The number of nitrogens with two attached hydrogens (primary N) is 1. The lowest BCUT2D eigenvalue weighted by atomic mass is 10.2. The number of hydrogen-bond acceptors (Lipinski definition) is 4. The molecular formula is C12H15F3N2O3S. The number of hydrogen-bond donors (Lipinski definition) is 2. The molecule has 1 aromatic carbocycles. The van der Waals surface area contributed by atoms with E-state index in [0.29, 0.717) is 18.7 Å². The lowest BCUT2D eigenvalue weighted by molar-refractivity contribution is -0.137. The fraction of sp³-hybridized carbons (Fsp3) is 0.417. The molecule has 3 N–H and O–H groups in total. The number of halogens is 3. The normalized spacial score (nSPS) is 12.2. The van der Waals surface area contributed by atoms with E-state index in [1.807, 2.05) is 0 Å². The minimum absolute atomic E-state index is 0.281. The third-order valence-corrected chi connectivity index (χ3v) is 4.43. The summed E-state index contributed by atoms with van der Waals surface area (Å²) in [6, 6.07) is 2.03. The second kappa shape index (κ2) is 6.33. The van der Waals surface area contributed by atoms with Crippen molar-refractivity contribution < 1.29 is 26.4 Å². The molecule has 0 atom stereocenters. The van der Waals surface area contributed by atoms with Crippen LogP contribution in [0.5, 0.6) is 0 Å².